The molecule has 0 aromatic carbocycles. The third-order valence-electron chi connectivity index (χ3n) is 3.52. The average Bonchev–Trinajstić information content (AvgIpc) is 2.93. The van der Waals surface area contributed by atoms with Crippen LogP contribution in [0.25, 0.3) is 0 Å². The van der Waals surface area contributed by atoms with E-state index in [0.29, 0.717) is 6.42 Å². The molecule has 2 nitrogen and oxygen atoms in total. The molecule has 0 spiro atoms. The molecule has 0 unspecified atom stereocenters. The molecule has 0 saturated carbocycles. The number of carbonyl (C=O) groups excluding carboxylic acids is 1. The summed E-state index contributed by atoms with van der Waals surface area (Å²) < 4.78 is 0. The predicted octanol–water partition coefficient (Wildman–Crippen LogP) is 4.94. The van der Waals surface area contributed by atoms with Gasteiger partial charge in [-0.1, -0.05) is 64.4 Å². The lowest BCUT2D eigenvalue weighted by Gasteiger charge is -2.04. The first kappa shape index (κ1) is 17.2. The Morgan fingerprint density at radius 3 is 2.30 bits per heavy atom. The van der Waals surface area contributed by atoms with Gasteiger partial charge in [-0.15, -0.1) is 11.3 Å². The van der Waals surface area contributed by atoms with Crippen LogP contribution >= 0.6 is 11.3 Å². The highest BCUT2D eigenvalue weighted by Gasteiger charge is 2.02. The highest BCUT2D eigenvalue weighted by molar-refractivity contribution is 7.10. The minimum atomic E-state index is 0.159. The minimum Gasteiger partial charge on any atom is -0.356 e. The molecule has 0 saturated heterocycles. The van der Waals surface area contributed by atoms with E-state index >= 15 is 0 Å². The molecule has 1 aromatic heterocycles. The zero-order chi connectivity index (χ0) is 14.5. The Hall–Kier alpha value is -0.830. The SMILES string of the molecule is CCCCCCCCCCCNC(=O)Cc1cccs1. The first-order valence-electron chi connectivity index (χ1n) is 8.12. The highest BCUT2D eigenvalue weighted by Crippen LogP contribution is 2.10. The Bertz CT molecular complexity index is 335. The Morgan fingerprint density at radius 2 is 1.70 bits per heavy atom. The molecular formula is C17H29NOS. The topological polar surface area (TPSA) is 29.1 Å². The molecule has 0 radical (unpaired) electrons. The molecule has 1 N–H and O–H groups in total. The van der Waals surface area contributed by atoms with E-state index in [1.165, 1.54) is 51.4 Å². The van der Waals surface area contributed by atoms with E-state index in [1.54, 1.807) is 11.3 Å². The third-order valence-corrected chi connectivity index (χ3v) is 4.39. The van der Waals surface area contributed by atoms with Gasteiger partial charge < -0.3 is 5.32 Å². The van der Waals surface area contributed by atoms with Crippen molar-refractivity contribution in [3.8, 4) is 0 Å². The number of unbranched alkanes of at least 4 members (excludes halogenated alkanes) is 8. The molecule has 114 valence electrons. The van der Waals surface area contributed by atoms with E-state index in [1.807, 2.05) is 17.5 Å². The van der Waals surface area contributed by atoms with Gasteiger partial charge in [0.05, 0.1) is 6.42 Å². The number of amides is 1. The van der Waals surface area contributed by atoms with Crippen LogP contribution in [0.2, 0.25) is 0 Å². The maximum Gasteiger partial charge on any atom is 0.225 e. The summed E-state index contributed by atoms with van der Waals surface area (Å²) >= 11 is 1.65. The summed E-state index contributed by atoms with van der Waals surface area (Å²) in [5, 5.41) is 5.02. The van der Waals surface area contributed by atoms with Gasteiger partial charge in [0.2, 0.25) is 5.91 Å². The monoisotopic (exact) mass is 295 g/mol. The molecule has 0 atom stereocenters. The Morgan fingerprint density at radius 1 is 1.05 bits per heavy atom. The standard InChI is InChI=1S/C17H29NOS/c1-2-3-4-5-6-7-8-9-10-13-18-17(19)15-16-12-11-14-20-16/h11-12,14H,2-10,13,15H2,1H3,(H,18,19). The van der Waals surface area contributed by atoms with Crippen molar-refractivity contribution in [2.24, 2.45) is 0 Å². The van der Waals surface area contributed by atoms with Gasteiger partial charge in [0, 0.05) is 11.4 Å². The number of hydrogen-bond donors (Lipinski definition) is 1. The maximum absolute atomic E-state index is 11.6. The quantitative estimate of drug-likeness (QED) is 0.544. The molecule has 3 heteroatoms. The smallest absolute Gasteiger partial charge is 0.225 e. The third kappa shape index (κ3) is 9.13. The largest absolute Gasteiger partial charge is 0.356 e. The lowest BCUT2D eigenvalue weighted by atomic mass is 10.1. The van der Waals surface area contributed by atoms with Crippen LogP contribution < -0.4 is 5.32 Å². The summed E-state index contributed by atoms with van der Waals surface area (Å²) in [6.07, 6.45) is 12.4. The van der Waals surface area contributed by atoms with Gasteiger partial charge in [0.15, 0.2) is 0 Å². The fourth-order valence-electron chi connectivity index (χ4n) is 2.30. The fraction of sp³-hybridized carbons (Fsp3) is 0.706. The summed E-state index contributed by atoms with van der Waals surface area (Å²) in [4.78, 5) is 12.8. The van der Waals surface area contributed by atoms with Crippen LogP contribution in [-0.4, -0.2) is 12.5 Å². The number of rotatable bonds is 12. The summed E-state index contributed by atoms with van der Waals surface area (Å²) in [6.45, 7) is 3.09. The van der Waals surface area contributed by atoms with Crippen molar-refractivity contribution < 1.29 is 4.79 Å². The number of carbonyl (C=O) groups is 1. The molecule has 0 aliphatic carbocycles. The van der Waals surface area contributed by atoms with Crippen molar-refractivity contribution in [2.45, 2.75) is 71.1 Å². The Balaban J connectivity index is 1.83. The summed E-state index contributed by atoms with van der Waals surface area (Å²) in [7, 11) is 0. The summed E-state index contributed by atoms with van der Waals surface area (Å²) in [6, 6.07) is 4.01. The zero-order valence-electron chi connectivity index (χ0n) is 12.8. The van der Waals surface area contributed by atoms with E-state index in [2.05, 4.69) is 12.2 Å². The lowest BCUT2D eigenvalue weighted by Crippen LogP contribution is -2.25. The van der Waals surface area contributed by atoms with Crippen molar-refractivity contribution in [3.63, 3.8) is 0 Å². The van der Waals surface area contributed by atoms with Crippen molar-refractivity contribution >= 4 is 17.2 Å². The molecule has 1 aromatic rings. The maximum atomic E-state index is 11.6. The highest BCUT2D eigenvalue weighted by atomic mass is 32.1. The van der Waals surface area contributed by atoms with Gasteiger partial charge in [-0.25, -0.2) is 0 Å². The van der Waals surface area contributed by atoms with Crippen LogP contribution in [0.1, 0.15) is 69.6 Å². The second-order valence-electron chi connectivity index (χ2n) is 5.43. The van der Waals surface area contributed by atoms with E-state index in [-0.39, 0.29) is 5.91 Å². The summed E-state index contributed by atoms with van der Waals surface area (Å²) in [5.74, 6) is 0.159. The van der Waals surface area contributed by atoms with Gasteiger partial charge in [-0.05, 0) is 17.9 Å². The van der Waals surface area contributed by atoms with Crippen LogP contribution in [0.5, 0.6) is 0 Å². The molecule has 1 rings (SSSR count). The Labute approximate surface area is 128 Å². The van der Waals surface area contributed by atoms with E-state index in [0.717, 1.165) is 17.8 Å². The van der Waals surface area contributed by atoms with Crippen LogP contribution in [-0.2, 0) is 11.2 Å². The number of thiophene rings is 1. The molecule has 0 aliphatic rings. The predicted molar refractivity (Wildman–Crippen MR) is 88.3 cm³/mol. The minimum absolute atomic E-state index is 0.159. The van der Waals surface area contributed by atoms with E-state index < -0.39 is 0 Å². The van der Waals surface area contributed by atoms with Gasteiger partial charge >= 0.3 is 0 Å². The van der Waals surface area contributed by atoms with Crippen molar-refractivity contribution in [3.05, 3.63) is 22.4 Å². The first-order valence-corrected chi connectivity index (χ1v) is 9.00. The van der Waals surface area contributed by atoms with Crippen LogP contribution in [0, 0.1) is 0 Å². The Kier molecular flexibility index (Phi) is 10.3. The van der Waals surface area contributed by atoms with Gasteiger partial charge in [-0.3, -0.25) is 4.79 Å². The van der Waals surface area contributed by atoms with Crippen molar-refractivity contribution in [1.29, 1.82) is 0 Å². The lowest BCUT2D eigenvalue weighted by molar-refractivity contribution is -0.120. The summed E-state index contributed by atoms with van der Waals surface area (Å²) in [5.41, 5.74) is 0. The van der Waals surface area contributed by atoms with Crippen LogP contribution in [0.4, 0.5) is 0 Å². The molecular weight excluding hydrogens is 266 g/mol. The zero-order valence-corrected chi connectivity index (χ0v) is 13.6. The van der Waals surface area contributed by atoms with E-state index in [9.17, 15) is 4.79 Å². The number of hydrogen-bond acceptors (Lipinski definition) is 2. The second kappa shape index (κ2) is 12.0. The van der Waals surface area contributed by atoms with Gasteiger partial charge in [0.25, 0.3) is 0 Å². The first-order chi connectivity index (χ1) is 9.83. The van der Waals surface area contributed by atoms with Crippen LogP contribution in [0.15, 0.2) is 17.5 Å². The molecule has 1 amide bonds. The second-order valence-corrected chi connectivity index (χ2v) is 6.47. The number of nitrogens with one attached hydrogen (secondary N) is 1. The fourth-order valence-corrected chi connectivity index (χ4v) is 3.00. The average molecular weight is 295 g/mol. The van der Waals surface area contributed by atoms with Crippen molar-refractivity contribution in [2.75, 3.05) is 6.54 Å². The van der Waals surface area contributed by atoms with E-state index in [4.69, 9.17) is 0 Å². The molecule has 20 heavy (non-hydrogen) atoms. The molecule has 0 fully saturated rings. The normalized spacial score (nSPS) is 10.7. The molecule has 1 heterocycles. The van der Waals surface area contributed by atoms with Gasteiger partial charge in [-0.2, -0.15) is 0 Å². The van der Waals surface area contributed by atoms with Crippen LogP contribution in [0.3, 0.4) is 0 Å². The van der Waals surface area contributed by atoms with Gasteiger partial charge in [0.1, 0.15) is 0 Å². The van der Waals surface area contributed by atoms with Crippen molar-refractivity contribution in [1.82, 2.24) is 5.32 Å². The molecule has 0 bridgehead atoms. The molecule has 0 aliphatic heterocycles.